The minimum Gasteiger partial charge on any atom is -0.289 e. The van der Waals surface area contributed by atoms with Crippen LogP contribution in [-0.2, 0) is 0 Å². The second-order valence-corrected chi connectivity index (χ2v) is 4.68. The van der Waals surface area contributed by atoms with Crippen LogP contribution in [0.2, 0.25) is 0 Å². The Hall–Kier alpha value is -1.74. The molecule has 0 saturated heterocycles. The zero-order valence-corrected chi connectivity index (χ0v) is 11.0. The Bertz CT molecular complexity index is 588. The van der Waals surface area contributed by atoms with Crippen LogP contribution in [0.15, 0.2) is 59.1 Å². The number of halogens is 2. The van der Waals surface area contributed by atoms with Gasteiger partial charge in [0.25, 0.3) is 0 Å². The molecule has 2 aromatic carbocycles. The lowest BCUT2D eigenvalue weighted by atomic mass is 10.1. The number of rotatable bonds is 3. The molecule has 0 spiro atoms. The predicted molar refractivity (Wildman–Crippen MR) is 73.9 cm³/mol. The number of hydrogen-bond donors (Lipinski definition) is 0. The van der Waals surface area contributed by atoms with Crippen LogP contribution in [0.5, 0.6) is 0 Å². The van der Waals surface area contributed by atoms with Gasteiger partial charge in [-0.25, -0.2) is 4.39 Å². The summed E-state index contributed by atoms with van der Waals surface area (Å²) >= 11 is 3.32. The maximum absolute atomic E-state index is 12.7. The van der Waals surface area contributed by atoms with Crippen LogP contribution in [0.3, 0.4) is 0 Å². The van der Waals surface area contributed by atoms with E-state index in [9.17, 15) is 9.18 Å². The molecule has 3 heteroatoms. The second kappa shape index (κ2) is 5.74. The number of allylic oxidation sites excluding steroid dienone is 1. The molecular weight excluding hydrogens is 295 g/mol. The van der Waals surface area contributed by atoms with Crippen LogP contribution < -0.4 is 0 Å². The van der Waals surface area contributed by atoms with Crippen molar-refractivity contribution in [1.29, 1.82) is 0 Å². The monoisotopic (exact) mass is 304 g/mol. The molecule has 0 fully saturated rings. The molecule has 90 valence electrons. The van der Waals surface area contributed by atoms with Crippen molar-refractivity contribution in [2.45, 2.75) is 0 Å². The summed E-state index contributed by atoms with van der Waals surface area (Å²) in [6, 6.07) is 13.2. The van der Waals surface area contributed by atoms with E-state index in [1.807, 2.05) is 12.1 Å². The van der Waals surface area contributed by atoms with Crippen LogP contribution in [0, 0.1) is 5.82 Å². The van der Waals surface area contributed by atoms with Crippen molar-refractivity contribution in [2.24, 2.45) is 0 Å². The molecule has 0 unspecified atom stereocenters. The molecule has 0 aliphatic heterocycles. The Labute approximate surface area is 113 Å². The van der Waals surface area contributed by atoms with Gasteiger partial charge in [-0.1, -0.05) is 46.3 Å². The molecule has 0 aliphatic carbocycles. The molecular formula is C15H10BrFO. The van der Waals surface area contributed by atoms with Gasteiger partial charge in [0.2, 0.25) is 0 Å². The summed E-state index contributed by atoms with van der Waals surface area (Å²) in [7, 11) is 0. The van der Waals surface area contributed by atoms with Crippen LogP contribution in [0.1, 0.15) is 15.9 Å². The normalized spacial score (nSPS) is 10.8. The highest BCUT2D eigenvalue weighted by atomic mass is 79.9. The molecule has 1 nitrogen and oxygen atoms in total. The Morgan fingerprint density at radius 3 is 2.50 bits per heavy atom. The molecule has 0 N–H and O–H groups in total. The predicted octanol–water partition coefficient (Wildman–Crippen LogP) is 4.48. The van der Waals surface area contributed by atoms with Crippen molar-refractivity contribution >= 4 is 27.8 Å². The lowest BCUT2D eigenvalue weighted by Gasteiger charge is -1.97. The molecule has 2 rings (SSSR count). The highest BCUT2D eigenvalue weighted by Gasteiger charge is 2.01. The van der Waals surface area contributed by atoms with Crippen LogP contribution in [0.25, 0.3) is 6.08 Å². The lowest BCUT2D eigenvalue weighted by molar-refractivity contribution is 0.104. The SMILES string of the molecule is O=C(/C=C/c1ccc(F)cc1)c1cccc(Br)c1. The molecule has 0 radical (unpaired) electrons. The van der Waals surface area contributed by atoms with Gasteiger partial charge in [0.15, 0.2) is 5.78 Å². The van der Waals surface area contributed by atoms with Crippen LogP contribution in [-0.4, -0.2) is 5.78 Å². The third-order valence-electron chi connectivity index (χ3n) is 2.41. The first kappa shape index (κ1) is 12.7. The highest BCUT2D eigenvalue weighted by molar-refractivity contribution is 9.10. The van der Waals surface area contributed by atoms with E-state index in [0.717, 1.165) is 10.0 Å². The standard InChI is InChI=1S/C15H10BrFO/c16-13-3-1-2-12(10-13)15(18)9-6-11-4-7-14(17)8-5-11/h1-10H/b9-6+. The topological polar surface area (TPSA) is 17.1 Å². The summed E-state index contributed by atoms with van der Waals surface area (Å²) in [6.07, 6.45) is 3.15. The molecule has 0 saturated carbocycles. The van der Waals surface area contributed by atoms with Crippen molar-refractivity contribution < 1.29 is 9.18 Å². The summed E-state index contributed by atoms with van der Waals surface area (Å²) in [5.41, 5.74) is 1.41. The van der Waals surface area contributed by atoms with Gasteiger partial charge in [0.1, 0.15) is 5.82 Å². The average Bonchev–Trinajstić information content (AvgIpc) is 2.38. The Balaban J connectivity index is 2.14. The zero-order chi connectivity index (χ0) is 13.0. The van der Waals surface area contributed by atoms with Crippen molar-refractivity contribution in [3.63, 3.8) is 0 Å². The molecule has 2 aromatic rings. The summed E-state index contributed by atoms with van der Waals surface area (Å²) in [6.45, 7) is 0. The average molecular weight is 305 g/mol. The first-order valence-electron chi connectivity index (χ1n) is 5.39. The molecule has 0 aliphatic rings. The minimum absolute atomic E-state index is 0.0828. The lowest BCUT2D eigenvalue weighted by Crippen LogP contribution is -1.93. The number of benzene rings is 2. The molecule has 0 heterocycles. The quantitative estimate of drug-likeness (QED) is 0.603. The third-order valence-corrected chi connectivity index (χ3v) is 2.90. The van der Waals surface area contributed by atoms with E-state index in [0.29, 0.717) is 5.56 Å². The van der Waals surface area contributed by atoms with Crippen LogP contribution in [0.4, 0.5) is 4.39 Å². The summed E-state index contributed by atoms with van der Waals surface area (Å²) in [5, 5.41) is 0. The van der Waals surface area contributed by atoms with E-state index in [-0.39, 0.29) is 11.6 Å². The van der Waals surface area contributed by atoms with E-state index in [4.69, 9.17) is 0 Å². The first-order chi connectivity index (χ1) is 8.65. The fraction of sp³-hybridized carbons (Fsp3) is 0. The van der Waals surface area contributed by atoms with Gasteiger partial charge in [-0.3, -0.25) is 4.79 Å². The van der Waals surface area contributed by atoms with Gasteiger partial charge < -0.3 is 0 Å². The van der Waals surface area contributed by atoms with Crippen molar-refractivity contribution in [3.8, 4) is 0 Å². The van der Waals surface area contributed by atoms with E-state index < -0.39 is 0 Å². The highest BCUT2D eigenvalue weighted by Crippen LogP contribution is 2.13. The van der Waals surface area contributed by atoms with E-state index in [1.165, 1.54) is 18.2 Å². The number of hydrogen-bond acceptors (Lipinski definition) is 1. The van der Waals surface area contributed by atoms with Crippen molar-refractivity contribution in [1.82, 2.24) is 0 Å². The summed E-state index contributed by atoms with van der Waals surface area (Å²) in [4.78, 5) is 11.9. The smallest absolute Gasteiger partial charge is 0.185 e. The van der Waals surface area contributed by atoms with Gasteiger partial charge >= 0.3 is 0 Å². The fourth-order valence-corrected chi connectivity index (χ4v) is 1.88. The summed E-state index contributed by atoms with van der Waals surface area (Å²) < 4.78 is 13.6. The molecule has 18 heavy (non-hydrogen) atoms. The van der Waals surface area contributed by atoms with Gasteiger partial charge in [-0.15, -0.1) is 0 Å². The molecule has 0 amide bonds. The van der Waals surface area contributed by atoms with Gasteiger partial charge in [0, 0.05) is 10.0 Å². The zero-order valence-electron chi connectivity index (χ0n) is 9.44. The first-order valence-corrected chi connectivity index (χ1v) is 6.18. The maximum Gasteiger partial charge on any atom is 0.185 e. The fourth-order valence-electron chi connectivity index (χ4n) is 1.48. The number of carbonyl (C=O) groups excluding carboxylic acids is 1. The minimum atomic E-state index is -0.287. The number of carbonyl (C=O) groups is 1. The Morgan fingerprint density at radius 2 is 1.83 bits per heavy atom. The molecule has 0 bridgehead atoms. The molecule has 0 aromatic heterocycles. The largest absolute Gasteiger partial charge is 0.289 e. The van der Waals surface area contributed by atoms with Crippen molar-refractivity contribution in [2.75, 3.05) is 0 Å². The third kappa shape index (κ3) is 3.37. The van der Waals surface area contributed by atoms with Gasteiger partial charge in [0.05, 0.1) is 0 Å². The van der Waals surface area contributed by atoms with Crippen LogP contribution >= 0.6 is 15.9 Å². The second-order valence-electron chi connectivity index (χ2n) is 3.76. The molecule has 0 atom stereocenters. The van der Waals surface area contributed by atoms with E-state index in [1.54, 1.807) is 30.3 Å². The summed E-state index contributed by atoms with van der Waals surface area (Å²) in [5.74, 6) is -0.369. The van der Waals surface area contributed by atoms with Gasteiger partial charge in [-0.05, 0) is 35.9 Å². The van der Waals surface area contributed by atoms with E-state index >= 15 is 0 Å². The van der Waals surface area contributed by atoms with Crippen molar-refractivity contribution in [3.05, 3.63) is 76.0 Å². The number of ketones is 1. The van der Waals surface area contributed by atoms with E-state index in [2.05, 4.69) is 15.9 Å². The Kier molecular flexibility index (Phi) is 4.05. The maximum atomic E-state index is 12.7. The Morgan fingerprint density at radius 1 is 1.11 bits per heavy atom. The van der Waals surface area contributed by atoms with Gasteiger partial charge in [-0.2, -0.15) is 0 Å².